The van der Waals surface area contributed by atoms with Crippen LogP contribution in [0.25, 0.3) is 10.9 Å². The van der Waals surface area contributed by atoms with Crippen molar-refractivity contribution in [2.75, 3.05) is 27.1 Å². The zero-order valence-electron chi connectivity index (χ0n) is 18.7. The van der Waals surface area contributed by atoms with Crippen molar-refractivity contribution < 1.29 is 24.1 Å². The van der Waals surface area contributed by atoms with Crippen LogP contribution in [0, 0.1) is 0 Å². The maximum absolute atomic E-state index is 12.8. The minimum Gasteiger partial charge on any atom is -0.494 e. The van der Waals surface area contributed by atoms with E-state index in [1.807, 2.05) is 29.2 Å². The van der Waals surface area contributed by atoms with E-state index < -0.39 is 6.10 Å². The van der Waals surface area contributed by atoms with Crippen LogP contribution in [0.15, 0.2) is 30.3 Å². The molecule has 2 saturated carbocycles. The second-order valence-electron chi connectivity index (χ2n) is 8.55. The second-order valence-corrected chi connectivity index (χ2v) is 8.55. The molecule has 8 nitrogen and oxygen atoms in total. The Balaban J connectivity index is 1.22. The van der Waals surface area contributed by atoms with Crippen molar-refractivity contribution in [3.63, 3.8) is 0 Å². The van der Waals surface area contributed by atoms with Gasteiger partial charge in [0.25, 0.3) is 0 Å². The van der Waals surface area contributed by atoms with Crippen LogP contribution in [0.5, 0.6) is 11.6 Å². The zero-order chi connectivity index (χ0) is 22.3. The Morgan fingerprint density at radius 3 is 2.78 bits per heavy atom. The lowest BCUT2D eigenvalue weighted by Gasteiger charge is -2.37. The number of ether oxygens (including phenoxy) is 3. The summed E-state index contributed by atoms with van der Waals surface area (Å²) in [5, 5.41) is 14.4. The number of carbonyl (C=O) groups excluding carboxylic acids is 1. The second kappa shape index (κ2) is 10.8. The summed E-state index contributed by atoms with van der Waals surface area (Å²) >= 11 is 0. The summed E-state index contributed by atoms with van der Waals surface area (Å²) in [6, 6.07) is 9.65. The van der Waals surface area contributed by atoms with Crippen LogP contribution >= 0.6 is 0 Å². The number of hydrogen-bond acceptors (Lipinski definition) is 6. The Morgan fingerprint density at radius 2 is 2.00 bits per heavy atom. The molecule has 1 aromatic carbocycles. The van der Waals surface area contributed by atoms with E-state index in [1.165, 1.54) is 0 Å². The predicted octanol–water partition coefficient (Wildman–Crippen LogP) is 3.46. The maximum Gasteiger partial charge on any atom is 0.317 e. The van der Waals surface area contributed by atoms with Gasteiger partial charge in [-0.05, 0) is 56.4 Å². The minimum atomic E-state index is -0.400. The van der Waals surface area contributed by atoms with Gasteiger partial charge in [0, 0.05) is 31.1 Å². The molecule has 4 rings (SSSR count). The zero-order valence-corrected chi connectivity index (χ0v) is 18.7. The lowest BCUT2D eigenvalue weighted by molar-refractivity contribution is 0.0333. The van der Waals surface area contributed by atoms with Gasteiger partial charge >= 0.3 is 6.03 Å². The number of fused-ring (bicyclic) bond motifs is 1. The molecule has 0 bridgehead atoms. The van der Waals surface area contributed by atoms with Gasteiger partial charge < -0.3 is 29.5 Å². The van der Waals surface area contributed by atoms with Crippen LogP contribution in [0.2, 0.25) is 0 Å². The average molecular weight is 444 g/mol. The standard InChI is InChI=1S/C24H33N3O5/c1-30-16-32-23-12-7-17-15-19(10-11-20(17)26-23)31-14-4-13-25-24(29)27(18-8-9-18)21-5-2-3-6-22(21)28/h7,10-12,15,18,21-22,28H,2-6,8-9,13-14,16H2,1H3,(H,25,29)/t21-,22-/m0/s1. The highest BCUT2D eigenvalue weighted by atomic mass is 16.7. The van der Waals surface area contributed by atoms with E-state index in [-0.39, 0.29) is 24.9 Å². The summed E-state index contributed by atoms with van der Waals surface area (Å²) in [5.41, 5.74) is 0.822. The van der Waals surface area contributed by atoms with E-state index in [2.05, 4.69) is 10.3 Å². The highest BCUT2D eigenvalue weighted by Crippen LogP contribution is 2.34. The lowest BCUT2D eigenvalue weighted by atomic mass is 9.91. The molecular weight excluding hydrogens is 410 g/mol. The topological polar surface area (TPSA) is 93.2 Å². The fourth-order valence-corrected chi connectivity index (χ4v) is 4.28. The van der Waals surface area contributed by atoms with Gasteiger partial charge in [0.05, 0.1) is 24.3 Å². The number of aromatic nitrogens is 1. The van der Waals surface area contributed by atoms with Gasteiger partial charge in [-0.3, -0.25) is 0 Å². The van der Waals surface area contributed by atoms with Crippen molar-refractivity contribution in [3.05, 3.63) is 30.3 Å². The van der Waals surface area contributed by atoms with E-state index in [0.717, 1.165) is 55.2 Å². The summed E-state index contributed by atoms with van der Waals surface area (Å²) in [5.74, 6) is 1.28. The number of urea groups is 1. The van der Waals surface area contributed by atoms with Gasteiger partial charge in [0.1, 0.15) is 5.75 Å². The van der Waals surface area contributed by atoms with Crippen molar-refractivity contribution in [1.82, 2.24) is 15.2 Å². The summed E-state index contributed by atoms with van der Waals surface area (Å²) in [6.07, 6.45) is 6.19. The molecule has 2 aromatic rings. The van der Waals surface area contributed by atoms with Crippen molar-refractivity contribution in [3.8, 4) is 11.6 Å². The molecule has 2 aliphatic carbocycles. The van der Waals surface area contributed by atoms with E-state index >= 15 is 0 Å². The quantitative estimate of drug-likeness (QED) is 0.432. The highest BCUT2D eigenvalue weighted by Gasteiger charge is 2.40. The number of carbonyl (C=O) groups is 1. The molecule has 1 aromatic heterocycles. The fourth-order valence-electron chi connectivity index (χ4n) is 4.28. The molecule has 8 heteroatoms. The summed E-state index contributed by atoms with van der Waals surface area (Å²) in [4.78, 5) is 19.1. The number of rotatable bonds is 10. The largest absolute Gasteiger partial charge is 0.494 e. The molecule has 32 heavy (non-hydrogen) atoms. The van der Waals surface area contributed by atoms with Gasteiger partial charge in [0.2, 0.25) is 5.88 Å². The smallest absolute Gasteiger partial charge is 0.317 e. The third kappa shape index (κ3) is 5.81. The molecule has 2 atom stereocenters. The molecular formula is C24H33N3O5. The number of methoxy groups -OCH3 is 1. The summed E-state index contributed by atoms with van der Waals surface area (Å²) in [6.45, 7) is 1.21. The number of aliphatic hydroxyl groups is 1. The average Bonchev–Trinajstić information content (AvgIpc) is 3.64. The molecule has 0 spiro atoms. The molecule has 2 amide bonds. The van der Waals surface area contributed by atoms with E-state index in [1.54, 1.807) is 13.2 Å². The first kappa shape index (κ1) is 22.6. The molecule has 2 N–H and O–H groups in total. The van der Waals surface area contributed by atoms with Crippen molar-refractivity contribution in [2.45, 2.75) is 63.1 Å². The molecule has 0 radical (unpaired) electrons. The minimum absolute atomic E-state index is 0.0425. The first-order valence-electron chi connectivity index (χ1n) is 11.6. The number of aliphatic hydroxyl groups excluding tert-OH is 1. The lowest BCUT2D eigenvalue weighted by Crippen LogP contribution is -2.53. The molecule has 0 aliphatic heterocycles. The Kier molecular flexibility index (Phi) is 7.65. The van der Waals surface area contributed by atoms with Gasteiger partial charge in [-0.1, -0.05) is 12.8 Å². The first-order chi connectivity index (χ1) is 15.7. The van der Waals surface area contributed by atoms with Crippen molar-refractivity contribution >= 4 is 16.9 Å². The number of amides is 2. The van der Waals surface area contributed by atoms with Crippen LogP contribution in [-0.4, -0.2) is 66.3 Å². The van der Waals surface area contributed by atoms with Crippen LogP contribution in [-0.2, 0) is 4.74 Å². The number of benzene rings is 1. The van der Waals surface area contributed by atoms with Crippen LogP contribution in [0.1, 0.15) is 44.9 Å². The van der Waals surface area contributed by atoms with Crippen LogP contribution in [0.3, 0.4) is 0 Å². The number of nitrogens with zero attached hydrogens (tertiary/aromatic N) is 2. The van der Waals surface area contributed by atoms with Gasteiger partial charge in [-0.25, -0.2) is 9.78 Å². The SMILES string of the molecule is COCOc1ccc2cc(OCCCNC(=O)N(C3CC3)[C@H]3CCCC[C@@H]3O)ccc2n1. The van der Waals surface area contributed by atoms with E-state index in [0.29, 0.717) is 25.5 Å². The number of pyridine rings is 1. The summed E-state index contributed by atoms with van der Waals surface area (Å²) in [7, 11) is 1.57. The Hall–Kier alpha value is -2.58. The van der Waals surface area contributed by atoms with Crippen LogP contribution in [0.4, 0.5) is 4.79 Å². The van der Waals surface area contributed by atoms with Gasteiger partial charge in [-0.2, -0.15) is 0 Å². The van der Waals surface area contributed by atoms with Gasteiger partial charge in [0.15, 0.2) is 6.79 Å². The molecule has 0 saturated heterocycles. The van der Waals surface area contributed by atoms with E-state index in [9.17, 15) is 9.90 Å². The monoisotopic (exact) mass is 443 g/mol. The molecule has 1 heterocycles. The molecule has 2 fully saturated rings. The predicted molar refractivity (Wildman–Crippen MR) is 121 cm³/mol. The Labute approximate surface area is 188 Å². The maximum atomic E-state index is 12.8. The normalized spacial score (nSPS) is 20.7. The fraction of sp³-hybridized carbons (Fsp3) is 0.583. The Morgan fingerprint density at radius 1 is 1.16 bits per heavy atom. The molecule has 174 valence electrons. The third-order valence-electron chi connectivity index (χ3n) is 6.05. The molecule has 0 unspecified atom stereocenters. The third-order valence-corrected chi connectivity index (χ3v) is 6.05. The number of hydrogen-bond donors (Lipinski definition) is 2. The van der Waals surface area contributed by atoms with Gasteiger partial charge in [-0.15, -0.1) is 0 Å². The van der Waals surface area contributed by atoms with E-state index in [4.69, 9.17) is 14.2 Å². The Bertz CT molecular complexity index is 904. The highest BCUT2D eigenvalue weighted by molar-refractivity contribution is 5.80. The van der Waals surface area contributed by atoms with Crippen molar-refractivity contribution in [2.24, 2.45) is 0 Å². The van der Waals surface area contributed by atoms with Crippen LogP contribution < -0.4 is 14.8 Å². The molecule has 2 aliphatic rings. The first-order valence-corrected chi connectivity index (χ1v) is 11.6. The van der Waals surface area contributed by atoms with Crippen molar-refractivity contribution in [1.29, 1.82) is 0 Å². The number of nitrogens with one attached hydrogen (secondary N) is 1. The summed E-state index contributed by atoms with van der Waals surface area (Å²) < 4.78 is 16.1.